The maximum absolute atomic E-state index is 14.7. The maximum atomic E-state index is 14.7. The highest BCUT2D eigenvalue weighted by atomic mass is 19.4. The molecule has 144 valence electrons. The van der Waals surface area contributed by atoms with Crippen molar-refractivity contribution in [1.82, 2.24) is 0 Å². The van der Waals surface area contributed by atoms with Crippen LogP contribution in [0.3, 0.4) is 0 Å². The molecular weight excluding hydrogens is 405 g/mol. The minimum atomic E-state index is -6.69. The van der Waals surface area contributed by atoms with Gasteiger partial charge in [-0.3, -0.25) is 0 Å². The van der Waals surface area contributed by atoms with Gasteiger partial charge in [0.15, 0.2) is 29.0 Å². The van der Waals surface area contributed by atoms with Crippen molar-refractivity contribution in [2.75, 3.05) is 0 Å². The zero-order chi connectivity index (χ0) is 20.2. The molecule has 1 aromatic rings. The lowest BCUT2D eigenvalue weighted by Crippen LogP contribution is -2.74. The van der Waals surface area contributed by atoms with Crippen molar-refractivity contribution >= 4 is 5.71 Å². The normalized spacial score (nSPS) is 31.7. The van der Waals surface area contributed by atoms with Crippen LogP contribution in [-0.2, 0) is 11.5 Å². The lowest BCUT2D eigenvalue weighted by Gasteiger charge is -2.52. The number of hydrogen-bond donors (Lipinski definition) is 0. The molecule has 0 saturated heterocycles. The van der Waals surface area contributed by atoms with Crippen molar-refractivity contribution < 1.29 is 57.1 Å². The van der Waals surface area contributed by atoms with Crippen LogP contribution < -0.4 is 0 Å². The van der Waals surface area contributed by atoms with E-state index in [2.05, 4.69) is 0 Å². The van der Waals surface area contributed by atoms with Crippen LogP contribution in [0.1, 0.15) is 11.1 Å². The monoisotopic (exact) mass is 405 g/mol. The molecule has 1 aromatic carbocycles. The van der Waals surface area contributed by atoms with Crippen molar-refractivity contribution in [3.63, 3.8) is 0 Å². The Morgan fingerprint density at radius 2 is 1.04 bits per heavy atom. The molecule has 2 heterocycles. The van der Waals surface area contributed by atoms with Crippen molar-refractivity contribution in [2.45, 2.75) is 29.5 Å². The van der Waals surface area contributed by atoms with Gasteiger partial charge in [-0.1, -0.05) is 0 Å². The lowest BCUT2D eigenvalue weighted by molar-refractivity contribution is -0.332. The van der Waals surface area contributed by atoms with Crippen LogP contribution in [0.15, 0.2) is 4.99 Å². The van der Waals surface area contributed by atoms with E-state index >= 15 is 0 Å². The Labute approximate surface area is 133 Å². The second-order valence-electron chi connectivity index (χ2n) is 5.39. The quantitative estimate of drug-likeness (QED) is 0.254. The summed E-state index contributed by atoms with van der Waals surface area (Å²) in [4.78, 5) is 1.51. The topological polar surface area (TPSA) is 12.4 Å². The summed E-state index contributed by atoms with van der Waals surface area (Å²) in [5.41, 5.74) is -15.6. The van der Waals surface area contributed by atoms with E-state index in [9.17, 15) is 57.1 Å². The fraction of sp³-hybridized carbons (Fsp3) is 0.417. The summed E-state index contributed by atoms with van der Waals surface area (Å²) in [7, 11) is 0. The van der Waals surface area contributed by atoms with Gasteiger partial charge in [0.2, 0.25) is 0 Å². The minimum absolute atomic E-state index is 1.51. The van der Waals surface area contributed by atoms with Crippen LogP contribution >= 0.6 is 0 Å². The third-order valence-electron chi connectivity index (χ3n) is 4.05. The zero-order valence-electron chi connectivity index (χ0n) is 11.4. The predicted octanol–water partition coefficient (Wildman–Crippen LogP) is 4.83. The van der Waals surface area contributed by atoms with Gasteiger partial charge in [-0.25, -0.2) is 31.3 Å². The molecule has 0 N–H and O–H groups in total. The molecule has 2 atom stereocenters. The third-order valence-corrected chi connectivity index (χ3v) is 4.05. The molecule has 14 heteroatoms. The molecule has 3 aliphatic rings. The molecule has 2 unspecified atom stereocenters. The van der Waals surface area contributed by atoms with Crippen LogP contribution in [-0.4, -0.2) is 23.7 Å². The number of hydrogen-bond acceptors (Lipinski definition) is 1. The minimum Gasteiger partial charge on any atom is -0.231 e. The largest absolute Gasteiger partial charge is 0.432 e. The van der Waals surface area contributed by atoms with Gasteiger partial charge in [-0.05, 0) is 0 Å². The van der Waals surface area contributed by atoms with E-state index < -0.39 is 69.6 Å². The number of alkyl halides is 9. The molecule has 0 saturated carbocycles. The van der Waals surface area contributed by atoms with Crippen molar-refractivity contribution in [2.24, 2.45) is 4.99 Å². The molecule has 0 spiro atoms. The van der Waals surface area contributed by atoms with Gasteiger partial charge < -0.3 is 0 Å². The first-order valence-corrected chi connectivity index (χ1v) is 6.15. The Bertz CT molecular complexity index is 869. The van der Waals surface area contributed by atoms with Crippen LogP contribution in [0.25, 0.3) is 0 Å². The summed E-state index contributed by atoms with van der Waals surface area (Å²) in [5, 5.41) is 0. The van der Waals surface area contributed by atoms with Crippen LogP contribution in [0.4, 0.5) is 57.1 Å². The standard InChI is InChI=1S/C12F13N/c13-3-1-2(4(14)6(16)5(3)15)9(18)12(24,25)11(22,23)8(1,17)7(26-9)10(19,20)21. The first kappa shape index (κ1) is 18.8. The number of halogens is 13. The van der Waals surface area contributed by atoms with E-state index in [-0.39, 0.29) is 0 Å². The molecule has 0 amide bonds. The van der Waals surface area contributed by atoms with Gasteiger partial charge in [0.25, 0.3) is 11.5 Å². The highest BCUT2D eigenvalue weighted by molar-refractivity contribution is 6.02. The Hall–Kier alpha value is -2.02. The average Bonchev–Trinajstić information content (AvgIpc) is 2.49. The van der Waals surface area contributed by atoms with E-state index in [0.29, 0.717) is 0 Å². The van der Waals surface area contributed by atoms with Crippen LogP contribution in [0, 0.1) is 23.3 Å². The molecule has 1 nitrogen and oxygen atoms in total. The molecule has 0 aromatic heterocycles. The Morgan fingerprint density at radius 1 is 0.615 bits per heavy atom. The fourth-order valence-corrected chi connectivity index (χ4v) is 2.89. The molecule has 2 aliphatic heterocycles. The summed E-state index contributed by atoms with van der Waals surface area (Å²) in [6, 6.07) is 0. The second-order valence-corrected chi connectivity index (χ2v) is 5.39. The average molecular weight is 405 g/mol. The van der Waals surface area contributed by atoms with Gasteiger partial charge in [0.1, 0.15) is 0 Å². The van der Waals surface area contributed by atoms with Gasteiger partial charge in [-0.2, -0.15) is 30.7 Å². The van der Waals surface area contributed by atoms with Crippen molar-refractivity contribution in [3.8, 4) is 0 Å². The molecule has 1 aliphatic carbocycles. The smallest absolute Gasteiger partial charge is 0.231 e. The second kappa shape index (κ2) is 4.44. The van der Waals surface area contributed by atoms with Crippen molar-refractivity contribution in [3.05, 3.63) is 34.4 Å². The number of nitrogens with zero attached hydrogens (tertiary/aromatic N) is 1. The Morgan fingerprint density at radius 3 is 1.46 bits per heavy atom. The third kappa shape index (κ3) is 1.59. The summed E-state index contributed by atoms with van der Waals surface area (Å²) in [6.07, 6.45) is -6.38. The van der Waals surface area contributed by atoms with E-state index in [0.717, 1.165) is 0 Å². The number of aliphatic imine (C=N–C) groups is 1. The highest BCUT2D eigenvalue weighted by Crippen LogP contribution is 2.69. The Balaban J connectivity index is 2.65. The Kier molecular flexibility index (Phi) is 3.21. The molecule has 0 radical (unpaired) electrons. The van der Waals surface area contributed by atoms with Gasteiger partial charge >= 0.3 is 18.0 Å². The highest BCUT2D eigenvalue weighted by Gasteiger charge is 2.90. The number of rotatable bonds is 0. The van der Waals surface area contributed by atoms with Crippen LogP contribution in [0.2, 0.25) is 0 Å². The predicted molar refractivity (Wildman–Crippen MR) is 55.2 cm³/mol. The van der Waals surface area contributed by atoms with E-state index in [1.165, 1.54) is 4.99 Å². The summed E-state index contributed by atoms with van der Waals surface area (Å²) in [6.45, 7) is 0. The van der Waals surface area contributed by atoms with E-state index in [1.807, 2.05) is 0 Å². The molecular formula is C12F13N. The van der Waals surface area contributed by atoms with Gasteiger partial charge in [0.05, 0.1) is 11.1 Å². The summed E-state index contributed by atoms with van der Waals surface area (Å²) in [5.74, 6) is -31.4. The number of fused-ring (bicyclic) bond motifs is 1. The maximum Gasteiger partial charge on any atom is 0.432 e. The first-order valence-electron chi connectivity index (χ1n) is 6.15. The SMILES string of the molecule is Fc1c(F)c(F)c2c(c1F)C1(F)N=C(C(F)(F)F)C2(F)C(F)(F)C1(F)F. The fourth-order valence-electron chi connectivity index (χ4n) is 2.89. The van der Waals surface area contributed by atoms with Gasteiger partial charge in [0, 0.05) is 0 Å². The summed E-state index contributed by atoms with van der Waals surface area (Å²) >= 11 is 0. The number of benzene rings is 1. The lowest BCUT2D eigenvalue weighted by atomic mass is 9.65. The summed E-state index contributed by atoms with van der Waals surface area (Å²) < 4.78 is 177. The molecule has 4 rings (SSSR count). The van der Waals surface area contributed by atoms with Gasteiger partial charge in [-0.15, -0.1) is 0 Å². The zero-order valence-corrected chi connectivity index (χ0v) is 11.4. The first-order chi connectivity index (χ1) is 11.5. The van der Waals surface area contributed by atoms with Crippen LogP contribution in [0.5, 0.6) is 0 Å². The molecule has 2 bridgehead atoms. The van der Waals surface area contributed by atoms with Crippen molar-refractivity contribution in [1.29, 1.82) is 0 Å². The molecule has 0 fully saturated rings. The molecule has 26 heavy (non-hydrogen) atoms. The van der Waals surface area contributed by atoms with E-state index in [4.69, 9.17) is 0 Å². The van der Waals surface area contributed by atoms with E-state index in [1.54, 1.807) is 0 Å².